The summed E-state index contributed by atoms with van der Waals surface area (Å²) in [6, 6.07) is 0. The van der Waals surface area contributed by atoms with Gasteiger partial charge in [-0.05, 0) is 18.6 Å². The molecule has 0 unspecified atom stereocenters. The lowest BCUT2D eigenvalue weighted by atomic mass is 10.1. The van der Waals surface area contributed by atoms with E-state index in [9.17, 15) is 0 Å². The second kappa shape index (κ2) is 15.3. The smallest absolute Gasteiger partial charge is 0.0521 e. The Hall–Kier alpha value is 0.270. The summed E-state index contributed by atoms with van der Waals surface area (Å²) >= 11 is 1.86. The highest BCUT2D eigenvalue weighted by Gasteiger charge is 1.93. The van der Waals surface area contributed by atoms with E-state index in [4.69, 9.17) is 10.2 Å². The van der Waals surface area contributed by atoms with Crippen LogP contribution in [0.25, 0.3) is 0 Å². The van der Waals surface area contributed by atoms with Gasteiger partial charge in [-0.1, -0.05) is 44.9 Å². The maximum Gasteiger partial charge on any atom is 0.0521 e. The van der Waals surface area contributed by atoms with Crippen molar-refractivity contribution in [3.05, 3.63) is 0 Å². The third-order valence-electron chi connectivity index (χ3n) is 2.68. The number of aliphatic hydroxyl groups excluding tert-OH is 2. The highest BCUT2D eigenvalue weighted by atomic mass is 32.2. The SMILES string of the molecule is OCCCCCCCCCCCSCCO. The van der Waals surface area contributed by atoms with E-state index in [0.717, 1.165) is 12.2 Å². The van der Waals surface area contributed by atoms with Crippen LogP contribution in [0.15, 0.2) is 0 Å². The van der Waals surface area contributed by atoms with Gasteiger partial charge in [0.15, 0.2) is 0 Å². The van der Waals surface area contributed by atoms with E-state index < -0.39 is 0 Å². The van der Waals surface area contributed by atoms with Gasteiger partial charge in [0.05, 0.1) is 6.61 Å². The van der Waals surface area contributed by atoms with Crippen molar-refractivity contribution in [2.75, 3.05) is 24.7 Å². The van der Waals surface area contributed by atoms with Crippen LogP contribution in [0.1, 0.15) is 57.8 Å². The number of rotatable bonds is 13. The van der Waals surface area contributed by atoms with Crippen LogP contribution in [-0.4, -0.2) is 34.9 Å². The molecule has 0 rings (SSSR count). The van der Waals surface area contributed by atoms with Crippen molar-refractivity contribution in [3.63, 3.8) is 0 Å². The molecule has 2 N–H and O–H groups in total. The molecule has 0 spiro atoms. The molecular formula is C13H28O2S. The molecular weight excluding hydrogens is 220 g/mol. The van der Waals surface area contributed by atoms with Crippen LogP contribution >= 0.6 is 11.8 Å². The minimum absolute atomic E-state index is 0.318. The third-order valence-corrected chi connectivity index (χ3v) is 3.73. The largest absolute Gasteiger partial charge is 0.396 e. The first-order chi connectivity index (χ1) is 7.91. The fourth-order valence-corrected chi connectivity index (χ4v) is 2.46. The van der Waals surface area contributed by atoms with Gasteiger partial charge in [0.1, 0.15) is 0 Å². The summed E-state index contributed by atoms with van der Waals surface area (Å²) in [7, 11) is 0. The van der Waals surface area contributed by atoms with Gasteiger partial charge < -0.3 is 10.2 Å². The van der Waals surface area contributed by atoms with Crippen LogP contribution < -0.4 is 0 Å². The Morgan fingerprint density at radius 1 is 0.500 bits per heavy atom. The predicted octanol–water partition coefficient (Wildman–Crippen LogP) is 3.22. The Kier molecular flexibility index (Phi) is 15.5. The Bertz CT molecular complexity index is 107. The Labute approximate surface area is 105 Å². The first-order valence-electron chi connectivity index (χ1n) is 6.71. The van der Waals surface area contributed by atoms with Crippen molar-refractivity contribution in [2.45, 2.75) is 57.8 Å². The average Bonchev–Trinajstić information content (AvgIpc) is 2.31. The standard InChI is InChI=1S/C13H28O2S/c14-10-8-6-4-2-1-3-5-7-9-12-16-13-11-15/h14-15H,1-13H2. The zero-order valence-electron chi connectivity index (χ0n) is 10.5. The molecule has 2 nitrogen and oxygen atoms in total. The summed E-state index contributed by atoms with van der Waals surface area (Å²) in [6.07, 6.45) is 11.5. The fourth-order valence-electron chi connectivity index (χ4n) is 1.72. The van der Waals surface area contributed by atoms with Crippen molar-refractivity contribution in [3.8, 4) is 0 Å². The normalized spacial score (nSPS) is 10.9. The zero-order valence-corrected chi connectivity index (χ0v) is 11.3. The van der Waals surface area contributed by atoms with Crippen molar-refractivity contribution in [1.82, 2.24) is 0 Å². The summed E-state index contributed by atoms with van der Waals surface area (Å²) in [5.74, 6) is 2.10. The van der Waals surface area contributed by atoms with Gasteiger partial charge in [-0.15, -0.1) is 0 Å². The van der Waals surface area contributed by atoms with E-state index in [1.807, 2.05) is 11.8 Å². The average molecular weight is 248 g/mol. The van der Waals surface area contributed by atoms with E-state index in [1.165, 1.54) is 57.1 Å². The fraction of sp³-hybridized carbons (Fsp3) is 1.00. The van der Waals surface area contributed by atoms with Crippen LogP contribution in [0.3, 0.4) is 0 Å². The molecule has 0 aromatic carbocycles. The maximum absolute atomic E-state index is 8.61. The molecule has 98 valence electrons. The molecule has 0 bridgehead atoms. The molecule has 0 amide bonds. The quantitative estimate of drug-likeness (QED) is 0.492. The molecule has 0 saturated carbocycles. The molecule has 0 fully saturated rings. The molecule has 0 aromatic heterocycles. The molecule has 3 heteroatoms. The van der Waals surface area contributed by atoms with Gasteiger partial charge >= 0.3 is 0 Å². The molecule has 0 aliphatic rings. The van der Waals surface area contributed by atoms with Crippen LogP contribution in [-0.2, 0) is 0 Å². The number of hydrogen-bond donors (Lipinski definition) is 2. The van der Waals surface area contributed by atoms with Crippen LogP contribution in [0, 0.1) is 0 Å². The third kappa shape index (κ3) is 14.3. The predicted molar refractivity (Wildman–Crippen MR) is 73.0 cm³/mol. The first kappa shape index (κ1) is 16.3. The summed E-state index contributed by atoms with van der Waals surface area (Å²) in [5.41, 5.74) is 0. The van der Waals surface area contributed by atoms with E-state index in [1.54, 1.807) is 0 Å². The maximum atomic E-state index is 8.61. The van der Waals surface area contributed by atoms with Crippen molar-refractivity contribution in [2.24, 2.45) is 0 Å². The number of aliphatic hydroxyl groups is 2. The van der Waals surface area contributed by atoms with Crippen molar-refractivity contribution >= 4 is 11.8 Å². The van der Waals surface area contributed by atoms with Gasteiger partial charge in [-0.2, -0.15) is 11.8 Å². The van der Waals surface area contributed by atoms with Crippen LogP contribution in [0.2, 0.25) is 0 Å². The monoisotopic (exact) mass is 248 g/mol. The Balaban J connectivity index is 2.83. The lowest BCUT2D eigenvalue weighted by Crippen LogP contribution is -1.89. The Morgan fingerprint density at radius 2 is 1.00 bits per heavy atom. The van der Waals surface area contributed by atoms with Crippen molar-refractivity contribution < 1.29 is 10.2 Å². The second-order valence-corrected chi connectivity index (χ2v) is 5.47. The minimum atomic E-state index is 0.318. The van der Waals surface area contributed by atoms with Gasteiger partial charge in [0, 0.05) is 12.4 Å². The first-order valence-corrected chi connectivity index (χ1v) is 7.86. The lowest BCUT2D eigenvalue weighted by molar-refractivity contribution is 0.282. The number of thioether (sulfide) groups is 1. The molecule has 0 heterocycles. The summed E-state index contributed by atoms with van der Waals surface area (Å²) in [6.45, 7) is 0.671. The van der Waals surface area contributed by atoms with Gasteiger partial charge in [-0.3, -0.25) is 0 Å². The topological polar surface area (TPSA) is 40.5 Å². The van der Waals surface area contributed by atoms with E-state index >= 15 is 0 Å². The Morgan fingerprint density at radius 3 is 1.50 bits per heavy atom. The summed E-state index contributed by atoms with van der Waals surface area (Å²) in [5, 5.41) is 17.2. The molecule has 16 heavy (non-hydrogen) atoms. The highest BCUT2D eigenvalue weighted by Crippen LogP contribution is 2.11. The van der Waals surface area contributed by atoms with Crippen LogP contribution in [0.4, 0.5) is 0 Å². The van der Waals surface area contributed by atoms with E-state index in [0.29, 0.717) is 13.2 Å². The lowest BCUT2D eigenvalue weighted by Gasteiger charge is -2.02. The molecule has 0 aliphatic carbocycles. The van der Waals surface area contributed by atoms with Gasteiger partial charge in [0.2, 0.25) is 0 Å². The number of hydrogen-bond acceptors (Lipinski definition) is 3. The molecule has 0 saturated heterocycles. The van der Waals surface area contributed by atoms with Crippen LogP contribution in [0.5, 0.6) is 0 Å². The summed E-state index contributed by atoms with van der Waals surface area (Å²) in [4.78, 5) is 0. The molecule has 0 atom stereocenters. The minimum Gasteiger partial charge on any atom is -0.396 e. The summed E-state index contributed by atoms with van der Waals surface area (Å²) < 4.78 is 0. The molecule has 0 aliphatic heterocycles. The van der Waals surface area contributed by atoms with E-state index in [-0.39, 0.29) is 0 Å². The van der Waals surface area contributed by atoms with E-state index in [2.05, 4.69) is 0 Å². The molecule has 0 radical (unpaired) electrons. The molecule has 0 aromatic rings. The van der Waals surface area contributed by atoms with Gasteiger partial charge in [0.25, 0.3) is 0 Å². The second-order valence-electron chi connectivity index (χ2n) is 4.24. The zero-order chi connectivity index (χ0) is 11.9. The number of unbranched alkanes of at least 4 members (excludes halogenated alkanes) is 8. The van der Waals surface area contributed by atoms with Gasteiger partial charge in [-0.25, -0.2) is 0 Å². The van der Waals surface area contributed by atoms with Crippen molar-refractivity contribution in [1.29, 1.82) is 0 Å². The highest BCUT2D eigenvalue weighted by molar-refractivity contribution is 7.99.